The van der Waals surface area contributed by atoms with Crippen molar-refractivity contribution in [2.24, 2.45) is 5.10 Å². The summed E-state index contributed by atoms with van der Waals surface area (Å²) >= 11 is 5.36. The minimum atomic E-state index is 0.317. The largest absolute Gasteiger partial charge is 0.493 e. The van der Waals surface area contributed by atoms with Gasteiger partial charge in [-0.2, -0.15) is 14.9 Å². The maximum atomic E-state index is 5.45. The van der Waals surface area contributed by atoms with Crippen LogP contribution in [0.15, 0.2) is 35.4 Å². The number of methoxy groups -OCH3 is 5. The molecule has 0 bridgehead atoms. The molecule has 0 aliphatic heterocycles. The van der Waals surface area contributed by atoms with Gasteiger partial charge in [0, 0.05) is 11.1 Å². The Kier molecular flexibility index (Phi) is 6.58. The van der Waals surface area contributed by atoms with E-state index in [1.165, 1.54) is 4.68 Å². The third-order valence-corrected chi connectivity index (χ3v) is 4.58. The zero-order valence-electron chi connectivity index (χ0n) is 17.3. The summed E-state index contributed by atoms with van der Waals surface area (Å²) in [6.07, 6.45) is 1.62. The van der Waals surface area contributed by atoms with Gasteiger partial charge in [-0.25, -0.2) is 5.10 Å². The normalized spacial score (nSPS) is 10.8. The lowest BCUT2D eigenvalue weighted by Crippen LogP contribution is -2.00. The molecule has 1 N–H and O–H groups in total. The number of rotatable bonds is 8. The first-order valence-corrected chi connectivity index (χ1v) is 9.21. The molecule has 10 heteroatoms. The van der Waals surface area contributed by atoms with Crippen molar-refractivity contribution in [3.8, 4) is 40.1 Å². The summed E-state index contributed by atoms with van der Waals surface area (Å²) < 4.78 is 28.8. The van der Waals surface area contributed by atoms with Gasteiger partial charge in [-0.05, 0) is 36.5 Å². The van der Waals surface area contributed by atoms with E-state index in [-0.39, 0.29) is 0 Å². The molecule has 30 heavy (non-hydrogen) atoms. The molecular weight excluding hydrogens is 408 g/mol. The molecular formula is C20H22N4O5S. The van der Waals surface area contributed by atoms with E-state index in [0.29, 0.717) is 44.9 Å². The van der Waals surface area contributed by atoms with Gasteiger partial charge in [0.15, 0.2) is 28.8 Å². The molecule has 0 spiro atoms. The van der Waals surface area contributed by atoms with Gasteiger partial charge in [-0.3, -0.25) is 0 Å². The van der Waals surface area contributed by atoms with Crippen molar-refractivity contribution < 1.29 is 23.7 Å². The average molecular weight is 430 g/mol. The van der Waals surface area contributed by atoms with Gasteiger partial charge in [-0.1, -0.05) is 6.07 Å². The van der Waals surface area contributed by atoms with Crippen molar-refractivity contribution in [1.82, 2.24) is 14.9 Å². The number of hydrogen-bond donors (Lipinski definition) is 1. The van der Waals surface area contributed by atoms with Crippen LogP contribution in [-0.4, -0.2) is 56.6 Å². The summed E-state index contributed by atoms with van der Waals surface area (Å²) in [4.78, 5) is 0. The van der Waals surface area contributed by atoms with E-state index < -0.39 is 0 Å². The summed E-state index contributed by atoms with van der Waals surface area (Å²) in [5, 5.41) is 11.6. The maximum Gasteiger partial charge on any atom is 0.216 e. The molecule has 0 radical (unpaired) electrons. The van der Waals surface area contributed by atoms with E-state index in [1.54, 1.807) is 60.0 Å². The second-order valence-electron chi connectivity index (χ2n) is 5.91. The Morgan fingerprint density at radius 2 is 1.53 bits per heavy atom. The molecule has 0 fully saturated rings. The first-order chi connectivity index (χ1) is 14.6. The number of nitrogens with one attached hydrogen (secondary N) is 1. The van der Waals surface area contributed by atoms with E-state index in [0.717, 1.165) is 5.56 Å². The molecule has 3 aromatic rings. The average Bonchev–Trinajstić information content (AvgIpc) is 3.16. The molecule has 2 aromatic carbocycles. The van der Waals surface area contributed by atoms with Gasteiger partial charge in [0.25, 0.3) is 0 Å². The van der Waals surface area contributed by atoms with E-state index in [9.17, 15) is 0 Å². The molecule has 1 aromatic heterocycles. The Labute approximate surface area is 178 Å². The summed E-state index contributed by atoms with van der Waals surface area (Å²) in [5.74, 6) is 3.10. The van der Waals surface area contributed by atoms with Gasteiger partial charge in [0.1, 0.15) is 0 Å². The number of aromatic amines is 1. The molecule has 0 unspecified atom stereocenters. The molecule has 0 saturated heterocycles. The molecule has 0 aliphatic carbocycles. The van der Waals surface area contributed by atoms with Crippen molar-refractivity contribution in [3.05, 3.63) is 40.7 Å². The summed E-state index contributed by atoms with van der Waals surface area (Å²) in [6, 6.07) is 9.04. The van der Waals surface area contributed by atoms with Crippen LogP contribution in [0, 0.1) is 4.77 Å². The van der Waals surface area contributed by atoms with E-state index in [4.69, 9.17) is 35.9 Å². The minimum Gasteiger partial charge on any atom is -0.493 e. The monoisotopic (exact) mass is 430 g/mol. The van der Waals surface area contributed by atoms with Crippen LogP contribution in [0.4, 0.5) is 0 Å². The Bertz CT molecular complexity index is 1100. The van der Waals surface area contributed by atoms with Crippen LogP contribution in [0.25, 0.3) is 11.4 Å². The van der Waals surface area contributed by atoms with Crippen molar-refractivity contribution in [3.63, 3.8) is 0 Å². The highest BCUT2D eigenvalue weighted by Crippen LogP contribution is 2.40. The van der Waals surface area contributed by atoms with E-state index in [2.05, 4.69) is 15.3 Å². The second-order valence-corrected chi connectivity index (χ2v) is 6.29. The highest BCUT2D eigenvalue weighted by molar-refractivity contribution is 7.71. The fraction of sp³-hybridized carbons (Fsp3) is 0.250. The summed E-state index contributed by atoms with van der Waals surface area (Å²) in [7, 11) is 7.78. The number of H-pyrrole nitrogens is 1. The predicted octanol–water partition coefficient (Wildman–Crippen LogP) is 3.53. The van der Waals surface area contributed by atoms with Crippen LogP contribution in [0.2, 0.25) is 0 Å². The third kappa shape index (κ3) is 3.94. The molecule has 3 rings (SSSR count). The molecule has 9 nitrogen and oxygen atoms in total. The molecule has 1 heterocycles. The summed E-state index contributed by atoms with van der Waals surface area (Å²) in [6.45, 7) is 0. The zero-order valence-corrected chi connectivity index (χ0v) is 18.1. The number of benzene rings is 2. The van der Waals surface area contributed by atoms with Crippen LogP contribution in [0.1, 0.15) is 5.56 Å². The van der Waals surface area contributed by atoms with Crippen LogP contribution in [0.3, 0.4) is 0 Å². The van der Waals surface area contributed by atoms with Gasteiger partial charge in [0.2, 0.25) is 10.5 Å². The Morgan fingerprint density at radius 3 is 2.10 bits per heavy atom. The Morgan fingerprint density at radius 1 is 0.900 bits per heavy atom. The smallest absolute Gasteiger partial charge is 0.216 e. The Hall–Kier alpha value is -3.53. The van der Waals surface area contributed by atoms with E-state index >= 15 is 0 Å². The highest BCUT2D eigenvalue weighted by Gasteiger charge is 2.17. The number of nitrogens with zero attached hydrogens (tertiary/aromatic N) is 3. The van der Waals surface area contributed by atoms with Crippen LogP contribution in [0.5, 0.6) is 28.7 Å². The minimum absolute atomic E-state index is 0.317. The molecule has 158 valence electrons. The van der Waals surface area contributed by atoms with Gasteiger partial charge < -0.3 is 23.7 Å². The lowest BCUT2D eigenvalue weighted by atomic mass is 10.1. The number of para-hydroxylation sites is 1. The fourth-order valence-corrected chi connectivity index (χ4v) is 3.11. The first-order valence-electron chi connectivity index (χ1n) is 8.81. The quantitative estimate of drug-likeness (QED) is 0.432. The fourth-order valence-electron chi connectivity index (χ4n) is 2.93. The molecule has 0 saturated carbocycles. The lowest BCUT2D eigenvalue weighted by Gasteiger charge is -2.13. The van der Waals surface area contributed by atoms with Crippen molar-refractivity contribution in [2.45, 2.75) is 0 Å². The van der Waals surface area contributed by atoms with Crippen molar-refractivity contribution >= 4 is 18.4 Å². The lowest BCUT2D eigenvalue weighted by molar-refractivity contribution is 0.324. The molecule has 0 amide bonds. The van der Waals surface area contributed by atoms with Crippen LogP contribution >= 0.6 is 12.2 Å². The zero-order chi connectivity index (χ0) is 21.7. The maximum absolute atomic E-state index is 5.45. The standard InChI is InChI=1S/C20H22N4O5S/c1-25-14-8-6-7-12(17(14)28-4)11-21-24-19(22-23-20(24)30)13-9-15(26-2)18(29-5)16(10-13)27-3/h6-11H,1-5H3,(H,23,30). The van der Waals surface area contributed by atoms with Gasteiger partial charge in [0.05, 0.1) is 41.8 Å². The van der Waals surface area contributed by atoms with E-state index in [1.807, 2.05) is 12.1 Å². The van der Waals surface area contributed by atoms with Crippen LogP contribution < -0.4 is 23.7 Å². The van der Waals surface area contributed by atoms with Gasteiger partial charge in [-0.15, -0.1) is 0 Å². The number of aromatic nitrogens is 3. The molecule has 0 aliphatic rings. The number of hydrogen-bond acceptors (Lipinski definition) is 8. The van der Waals surface area contributed by atoms with Crippen molar-refractivity contribution in [2.75, 3.05) is 35.5 Å². The summed E-state index contributed by atoms with van der Waals surface area (Å²) in [5.41, 5.74) is 1.39. The predicted molar refractivity (Wildman–Crippen MR) is 115 cm³/mol. The first kappa shape index (κ1) is 21.2. The van der Waals surface area contributed by atoms with Crippen LogP contribution in [-0.2, 0) is 0 Å². The topological polar surface area (TPSA) is 92.1 Å². The number of ether oxygens (including phenoxy) is 5. The second kappa shape index (κ2) is 9.31. The third-order valence-electron chi connectivity index (χ3n) is 4.32. The SMILES string of the molecule is COc1cccc(C=Nn2c(-c3cc(OC)c(OC)c(OC)c3)n[nH]c2=S)c1OC. The Balaban J connectivity index is 2.10. The van der Waals surface area contributed by atoms with Crippen molar-refractivity contribution in [1.29, 1.82) is 0 Å². The molecule has 0 atom stereocenters. The van der Waals surface area contributed by atoms with Gasteiger partial charge >= 0.3 is 0 Å². The highest BCUT2D eigenvalue weighted by atomic mass is 32.1.